The van der Waals surface area contributed by atoms with E-state index in [1.54, 1.807) is 0 Å². The summed E-state index contributed by atoms with van der Waals surface area (Å²) in [6, 6.07) is 5.79. The minimum atomic E-state index is -4.36. The standard InChI is InChI=1S/C13H15BrF3NO2/c14-8-2-1-3-12(19)18-10-4-6-11(7-5-10)20-9-13(15,16)17/h4-7H,1-3,8-9H2,(H,18,19). The number of rotatable bonds is 7. The summed E-state index contributed by atoms with van der Waals surface area (Å²) in [5, 5.41) is 3.52. The molecule has 0 aromatic heterocycles. The summed E-state index contributed by atoms with van der Waals surface area (Å²) < 4.78 is 40.4. The first kappa shape index (κ1) is 16.8. The lowest BCUT2D eigenvalue weighted by molar-refractivity contribution is -0.153. The van der Waals surface area contributed by atoms with Gasteiger partial charge in [0, 0.05) is 17.4 Å². The van der Waals surface area contributed by atoms with Gasteiger partial charge in [0.05, 0.1) is 0 Å². The molecule has 7 heteroatoms. The van der Waals surface area contributed by atoms with E-state index in [0.29, 0.717) is 12.1 Å². The molecule has 3 nitrogen and oxygen atoms in total. The van der Waals surface area contributed by atoms with Gasteiger partial charge in [-0.3, -0.25) is 4.79 Å². The zero-order valence-corrected chi connectivity index (χ0v) is 12.3. The second-order valence-corrected chi connectivity index (χ2v) is 4.92. The van der Waals surface area contributed by atoms with Gasteiger partial charge in [0.15, 0.2) is 6.61 Å². The number of ether oxygens (including phenoxy) is 1. The Balaban J connectivity index is 2.40. The number of alkyl halides is 4. The third kappa shape index (κ3) is 7.37. The molecule has 0 saturated heterocycles. The van der Waals surface area contributed by atoms with Crippen molar-refractivity contribution in [1.29, 1.82) is 0 Å². The lowest BCUT2D eigenvalue weighted by atomic mass is 10.2. The van der Waals surface area contributed by atoms with Crippen LogP contribution < -0.4 is 10.1 Å². The molecule has 0 aliphatic heterocycles. The number of nitrogens with one attached hydrogen (secondary N) is 1. The SMILES string of the molecule is O=C(CCCCBr)Nc1ccc(OCC(F)(F)F)cc1. The van der Waals surface area contributed by atoms with Crippen molar-refractivity contribution in [3.05, 3.63) is 24.3 Å². The normalized spacial score (nSPS) is 11.2. The third-order valence-corrected chi connectivity index (χ3v) is 2.89. The summed E-state index contributed by atoms with van der Waals surface area (Å²) in [5.74, 6) is -0.00507. The van der Waals surface area contributed by atoms with Crippen molar-refractivity contribution in [2.45, 2.75) is 25.4 Å². The zero-order valence-electron chi connectivity index (χ0n) is 10.7. The third-order valence-electron chi connectivity index (χ3n) is 2.33. The van der Waals surface area contributed by atoms with E-state index < -0.39 is 12.8 Å². The van der Waals surface area contributed by atoms with Gasteiger partial charge >= 0.3 is 6.18 Å². The van der Waals surface area contributed by atoms with E-state index in [4.69, 9.17) is 0 Å². The molecule has 0 fully saturated rings. The van der Waals surface area contributed by atoms with Crippen LogP contribution in [0.5, 0.6) is 5.75 Å². The Bertz CT molecular complexity index is 421. The van der Waals surface area contributed by atoms with Gasteiger partial charge in [-0.2, -0.15) is 13.2 Å². The summed E-state index contributed by atoms with van der Waals surface area (Å²) in [6.45, 7) is -1.33. The molecular weight excluding hydrogens is 339 g/mol. The first-order valence-corrected chi connectivity index (χ1v) is 7.18. The van der Waals surface area contributed by atoms with Crippen molar-refractivity contribution >= 4 is 27.5 Å². The van der Waals surface area contributed by atoms with Crippen LogP contribution in [-0.4, -0.2) is 24.0 Å². The van der Waals surface area contributed by atoms with E-state index in [9.17, 15) is 18.0 Å². The van der Waals surface area contributed by atoms with E-state index >= 15 is 0 Å². The average Bonchev–Trinajstić information content (AvgIpc) is 2.37. The van der Waals surface area contributed by atoms with Gasteiger partial charge in [-0.25, -0.2) is 0 Å². The molecule has 0 bridgehead atoms. The minimum absolute atomic E-state index is 0.111. The van der Waals surface area contributed by atoms with Crippen LogP contribution in [0.1, 0.15) is 19.3 Å². The van der Waals surface area contributed by atoms with Crippen LogP contribution in [0.3, 0.4) is 0 Å². The van der Waals surface area contributed by atoms with E-state index in [0.717, 1.165) is 18.2 Å². The van der Waals surface area contributed by atoms with Gasteiger partial charge in [0.1, 0.15) is 5.75 Å². The van der Waals surface area contributed by atoms with Crippen molar-refractivity contribution in [3.8, 4) is 5.75 Å². The fourth-order valence-electron chi connectivity index (χ4n) is 1.40. The lowest BCUT2D eigenvalue weighted by Gasteiger charge is -2.10. The predicted octanol–water partition coefficient (Wildman–Crippen LogP) is 4.13. The van der Waals surface area contributed by atoms with Gasteiger partial charge in [0.2, 0.25) is 5.91 Å². The quantitative estimate of drug-likeness (QED) is 0.591. The molecule has 0 radical (unpaired) electrons. The Morgan fingerprint density at radius 1 is 1.20 bits per heavy atom. The number of hydrogen-bond donors (Lipinski definition) is 1. The molecule has 0 unspecified atom stereocenters. The molecule has 0 saturated carbocycles. The fourth-order valence-corrected chi connectivity index (χ4v) is 1.80. The van der Waals surface area contributed by atoms with Crippen molar-refractivity contribution in [2.75, 3.05) is 17.3 Å². The number of halogens is 4. The van der Waals surface area contributed by atoms with Crippen molar-refractivity contribution in [3.63, 3.8) is 0 Å². The Labute approximate surface area is 123 Å². The number of unbranched alkanes of at least 4 members (excludes halogenated alkanes) is 1. The summed E-state index contributed by atoms with van der Waals surface area (Å²) in [7, 11) is 0. The first-order valence-electron chi connectivity index (χ1n) is 6.06. The second-order valence-electron chi connectivity index (χ2n) is 4.12. The van der Waals surface area contributed by atoms with Crippen LogP contribution in [-0.2, 0) is 4.79 Å². The van der Waals surface area contributed by atoms with E-state index in [-0.39, 0.29) is 11.7 Å². The van der Waals surface area contributed by atoms with E-state index in [2.05, 4.69) is 26.0 Å². The van der Waals surface area contributed by atoms with E-state index in [1.165, 1.54) is 24.3 Å². The molecule has 0 aliphatic carbocycles. The van der Waals surface area contributed by atoms with Gasteiger partial charge in [-0.15, -0.1) is 0 Å². The highest BCUT2D eigenvalue weighted by molar-refractivity contribution is 9.09. The molecule has 20 heavy (non-hydrogen) atoms. The number of carbonyl (C=O) groups excluding carboxylic acids is 1. The topological polar surface area (TPSA) is 38.3 Å². The Morgan fingerprint density at radius 3 is 2.40 bits per heavy atom. The highest BCUT2D eigenvalue weighted by Gasteiger charge is 2.28. The van der Waals surface area contributed by atoms with Crippen LogP contribution >= 0.6 is 15.9 Å². The molecule has 1 aromatic rings. The maximum absolute atomic E-state index is 12.0. The number of benzene rings is 1. The lowest BCUT2D eigenvalue weighted by Crippen LogP contribution is -2.19. The van der Waals surface area contributed by atoms with Gasteiger partial charge < -0.3 is 10.1 Å². The largest absolute Gasteiger partial charge is 0.484 e. The van der Waals surface area contributed by atoms with Crippen LogP contribution in [0.4, 0.5) is 18.9 Å². The van der Waals surface area contributed by atoms with Crippen LogP contribution in [0.2, 0.25) is 0 Å². The van der Waals surface area contributed by atoms with Crippen LogP contribution in [0, 0.1) is 0 Å². The van der Waals surface area contributed by atoms with Gasteiger partial charge in [-0.05, 0) is 37.1 Å². The van der Waals surface area contributed by atoms with E-state index in [1.807, 2.05) is 0 Å². The summed E-state index contributed by atoms with van der Waals surface area (Å²) in [4.78, 5) is 11.5. The van der Waals surface area contributed by atoms with Crippen molar-refractivity contribution in [1.82, 2.24) is 0 Å². The second kappa shape index (κ2) is 8.14. The van der Waals surface area contributed by atoms with Gasteiger partial charge in [-0.1, -0.05) is 15.9 Å². The molecule has 1 rings (SSSR count). The molecule has 0 atom stereocenters. The maximum atomic E-state index is 12.0. The molecule has 1 amide bonds. The molecule has 112 valence electrons. The summed E-state index contributed by atoms with van der Waals surface area (Å²) >= 11 is 3.28. The number of amides is 1. The molecule has 0 heterocycles. The molecule has 0 spiro atoms. The molecule has 1 N–H and O–H groups in total. The molecular formula is C13H15BrF3NO2. The predicted molar refractivity (Wildman–Crippen MR) is 74.3 cm³/mol. The minimum Gasteiger partial charge on any atom is -0.484 e. The Morgan fingerprint density at radius 2 is 1.85 bits per heavy atom. The monoisotopic (exact) mass is 353 g/mol. The maximum Gasteiger partial charge on any atom is 0.422 e. The smallest absolute Gasteiger partial charge is 0.422 e. The van der Waals surface area contributed by atoms with Crippen LogP contribution in [0.15, 0.2) is 24.3 Å². The highest BCUT2D eigenvalue weighted by Crippen LogP contribution is 2.20. The summed E-state index contributed by atoms with van der Waals surface area (Å²) in [6.07, 6.45) is -2.25. The van der Waals surface area contributed by atoms with Gasteiger partial charge in [0.25, 0.3) is 0 Å². The highest BCUT2D eigenvalue weighted by atomic mass is 79.9. The Kier molecular flexibility index (Phi) is 6.84. The zero-order chi connectivity index (χ0) is 15.0. The number of anilines is 1. The molecule has 1 aromatic carbocycles. The first-order chi connectivity index (χ1) is 9.40. The average molecular weight is 354 g/mol. The van der Waals surface area contributed by atoms with Crippen molar-refractivity contribution in [2.24, 2.45) is 0 Å². The number of carbonyl (C=O) groups is 1. The van der Waals surface area contributed by atoms with Crippen molar-refractivity contribution < 1.29 is 22.7 Å². The number of hydrogen-bond acceptors (Lipinski definition) is 2. The molecule has 0 aliphatic rings. The van der Waals surface area contributed by atoms with Crippen LogP contribution in [0.25, 0.3) is 0 Å². The Hall–Kier alpha value is -1.24. The fraction of sp³-hybridized carbons (Fsp3) is 0.462. The summed E-state index contributed by atoms with van der Waals surface area (Å²) in [5.41, 5.74) is 0.535.